The summed E-state index contributed by atoms with van der Waals surface area (Å²) in [6.45, 7) is 1.47. The summed E-state index contributed by atoms with van der Waals surface area (Å²) in [6.07, 6.45) is -4.71. The van der Waals surface area contributed by atoms with Crippen LogP contribution in [0, 0.1) is 12.7 Å². The van der Waals surface area contributed by atoms with Crippen LogP contribution in [-0.4, -0.2) is 9.97 Å². The first-order valence-corrected chi connectivity index (χ1v) is 4.87. The van der Waals surface area contributed by atoms with Crippen molar-refractivity contribution in [1.29, 1.82) is 0 Å². The largest absolute Gasteiger partial charge is 0.451 e. The summed E-state index contributed by atoms with van der Waals surface area (Å²) in [5.74, 6) is -2.02. The molecular formula is C10H5ClF4N2. The van der Waals surface area contributed by atoms with Crippen LogP contribution in [-0.2, 0) is 6.18 Å². The van der Waals surface area contributed by atoms with Crippen LogP contribution in [0.2, 0.25) is 5.15 Å². The van der Waals surface area contributed by atoms with E-state index in [2.05, 4.69) is 9.97 Å². The van der Waals surface area contributed by atoms with Crippen LogP contribution in [0.25, 0.3) is 10.9 Å². The van der Waals surface area contributed by atoms with Gasteiger partial charge in [0.05, 0.1) is 5.52 Å². The van der Waals surface area contributed by atoms with E-state index in [-0.39, 0.29) is 21.6 Å². The number of benzene rings is 1. The van der Waals surface area contributed by atoms with E-state index < -0.39 is 17.8 Å². The number of hydrogen-bond acceptors (Lipinski definition) is 2. The zero-order valence-corrected chi connectivity index (χ0v) is 9.19. The molecule has 0 aliphatic carbocycles. The van der Waals surface area contributed by atoms with Crippen LogP contribution in [0.4, 0.5) is 17.6 Å². The maximum absolute atomic E-state index is 13.2. The van der Waals surface area contributed by atoms with E-state index in [0.29, 0.717) is 0 Å². The Balaban J connectivity index is 2.78. The second kappa shape index (κ2) is 3.80. The molecule has 0 aliphatic rings. The topological polar surface area (TPSA) is 25.8 Å². The third kappa shape index (κ3) is 2.17. The number of aromatic nitrogens is 2. The highest BCUT2D eigenvalue weighted by Gasteiger charge is 2.35. The maximum Gasteiger partial charge on any atom is 0.451 e. The Bertz CT molecular complexity index is 595. The Labute approximate surface area is 98.2 Å². The quantitative estimate of drug-likeness (QED) is 0.535. The van der Waals surface area contributed by atoms with Gasteiger partial charge in [-0.15, -0.1) is 0 Å². The molecule has 0 spiro atoms. The van der Waals surface area contributed by atoms with Crippen LogP contribution in [0.1, 0.15) is 11.4 Å². The molecule has 1 heterocycles. The van der Waals surface area contributed by atoms with Crippen molar-refractivity contribution < 1.29 is 17.6 Å². The first-order chi connectivity index (χ1) is 7.79. The molecule has 1 aromatic heterocycles. The lowest BCUT2D eigenvalue weighted by Gasteiger charge is -2.08. The second-order valence-electron chi connectivity index (χ2n) is 3.45. The average molecular weight is 265 g/mol. The van der Waals surface area contributed by atoms with Gasteiger partial charge in [-0.3, -0.25) is 0 Å². The molecule has 0 fully saturated rings. The summed E-state index contributed by atoms with van der Waals surface area (Å²) < 4.78 is 50.4. The molecule has 0 aliphatic heterocycles. The van der Waals surface area contributed by atoms with Crippen molar-refractivity contribution in [3.63, 3.8) is 0 Å². The molecule has 0 amide bonds. The van der Waals surface area contributed by atoms with Gasteiger partial charge in [0.15, 0.2) is 0 Å². The lowest BCUT2D eigenvalue weighted by atomic mass is 10.1. The second-order valence-corrected chi connectivity index (χ2v) is 3.81. The van der Waals surface area contributed by atoms with Gasteiger partial charge in [0, 0.05) is 11.5 Å². The van der Waals surface area contributed by atoms with Crippen molar-refractivity contribution in [3.8, 4) is 0 Å². The van der Waals surface area contributed by atoms with E-state index in [9.17, 15) is 17.6 Å². The highest BCUT2D eigenvalue weighted by molar-refractivity contribution is 6.34. The fraction of sp³-hybridized carbons (Fsp3) is 0.200. The minimum absolute atomic E-state index is 0.166. The Morgan fingerprint density at radius 2 is 1.82 bits per heavy atom. The van der Waals surface area contributed by atoms with Gasteiger partial charge in [0.2, 0.25) is 5.82 Å². The van der Waals surface area contributed by atoms with Gasteiger partial charge in [-0.2, -0.15) is 13.2 Å². The van der Waals surface area contributed by atoms with E-state index in [1.807, 2.05) is 0 Å². The standard InChI is InChI=1S/C10H5ClF4N2/c1-4-2-5-7(3-6(4)12)16-9(10(13,14)15)17-8(5)11/h2-3H,1H3. The molecule has 2 nitrogen and oxygen atoms in total. The Morgan fingerprint density at radius 3 is 2.41 bits per heavy atom. The molecule has 0 saturated carbocycles. The number of rotatable bonds is 0. The van der Waals surface area contributed by atoms with E-state index in [1.165, 1.54) is 13.0 Å². The first kappa shape index (κ1) is 12.0. The van der Waals surface area contributed by atoms with Crippen LogP contribution in [0.15, 0.2) is 12.1 Å². The molecular weight excluding hydrogens is 260 g/mol. The predicted molar refractivity (Wildman–Crippen MR) is 54.2 cm³/mol. The van der Waals surface area contributed by atoms with Crippen LogP contribution in [0.5, 0.6) is 0 Å². The maximum atomic E-state index is 13.2. The molecule has 2 aromatic rings. The summed E-state index contributed by atoms with van der Waals surface area (Å²) in [5.41, 5.74) is 0.100. The fourth-order valence-electron chi connectivity index (χ4n) is 1.35. The molecule has 90 valence electrons. The molecule has 0 bridgehead atoms. The Hall–Kier alpha value is -1.43. The van der Waals surface area contributed by atoms with Gasteiger partial charge in [-0.05, 0) is 18.6 Å². The summed E-state index contributed by atoms with van der Waals surface area (Å²) >= 11 is 5.62. The predicted octanol–water partition coefficient (Wildman–Crippen LogP) is 3.75. The van der Waals surface area contributed by atoms with Gasteiger partial charge in [0.25, 0.3) is 0 Å². The molecule has 1 aromatic carbocycles. The highest BCUT2D eigenvalue weighted by atomic mass is 35.5. The van der Waals surface area contributed by atoms with Crippen molar-refractivity contribution in [3.05, 3.63) is 34.5 Å². The van der Waals surface area contributed by atoms with Crippen molar-refractivity contribution in [2.75, 3.05) is 0 Å². The zero-order chi connectivity index (χ0) is 12.8. The lowest BCUT2D eigenvalue weighted by molar-refractivity contribution is -0.144. The lowest BCUT2D eigenvalue weighted by Crippen LogP contribution is -2.11. The van der Waals surface area contributed by atoms with E-state index >= 15 is 0 Å². The number of halogens is 5. The normalized spacial score (nSPS) is 12.1. The number of hydrogen-bond donors (Lipinski definition) is 0. The number of fused-ring (bicyclic) bond motifs is 1. The SMILES string of the molecule is Cc1cc2c(Cl)nc(C(F)(F)F)nc2cc1F. The third-order valence-electron chi connectivity index (χ3n) is 2.18. The Kier molecular flexibility index (Phi) is 2.69. The monoisotopic (exact) mass is 264 g/mol. The van der Waals surface area contributed by atoms with Gasteiger partial charge >= 0.3 is 6.18 Å². The van der Waals surface area contributed by atoms with Crippen LogP contribution < -0.4 is 0 Å². The smallest absolute Gasteiger partial charge is 0.224 e. The molecule has 0 atom stereocenters. The van der Waals surface area contributed by atoms with E-state index in [4.69, 9.17) is 11.6 Å². The van der Waals surface area contributed by atoms with Crippen molar-refractivity contribution in [1.82, 2.24) is 9.97 Å². The van der Waals surface area contributed by atoms with Crippen LogP contribution in [0.3, 0.4) is 0 Å². The summed E-state index contributed by atoms with van der Waals surface area (Å²) in [6, 6.07) is 2.22. The molecule has 7 heteroatoms. The van der Waals surface area contributed by atoms with Gasteiger partial charge < -0.3 is 0 Å². The van der Waals surface area contributed by atoms with Gasteiger partial charge in [0.1, 0.15) is 11.0 Å². The number of alkyl halides is 3. The van der Waals surface area contributed by atoms with Gasteiger partial charge in [-0.1, -0.05) is 11.6 Å². The molecule has 0 radical (unpaired) electrons. The van der Waals surface area contributed by atoms with Crippen molar-refractivity contribution in [2.24, 2.45) is 0 Å². The van der Waals surface area contributed by atoms with E-state index in [0.717, 1.165) is 6.07 Å². The van der Waals surface area contributed by atoms with Crippen LogP contribution >= 0.6 is 11.6 Å². The first-order valence-electron chi connectivity index (χ1n) is 4.49. The average Bonchev–Trinajstić information content (AvgIpc) is 2.19. The van der Waals surface area contributed by atoms with Crippen molar-refractivity contribution in [2.45, 2.75) is 13.1 Å². The number of nitrogens with zero attached hydrogens (tertiary/aromatic N) is 2. The summed E-state index contributed by atoms with van der Waals surface area (Å²) in [7, 11) is 0. The van der Waals surface area contributed by atoms with E-state index in [1.54, 1.807) is 0 Å². The molecule has 2 rings (SSSR count). The highest BCUT2D eigenvalue weighted by Crippen LogP contribution is 2.30. The molecule has 0 saturated heterocycles. The molecule has 0 N–H and O–H groups in total. The Morgan fingerprint density at radius 1 is 1.18 bits per heavy atom. The fourth-order valence-corrected chi connectivity index (χ4v) is 1.58. The molecule has 17 heavy (non-hydrogen) atoms. The third-order valence-corrected chi connectivity index (χ3v) is 2.47. The summed E-state index contributed by atoms with van der Waals surface area (Å²) in [5, 5.41) is -0.149. The van der Waals surface area contributed by atoms with Crippen molar-refractivity contribution >= 4 is 22.5 Å². The van der Waals surface area contributed by atoms with Gasteiger partial charge in [-0.25, -0.2) is 14.4 Å². The minimum atomic E-state index is -4.71. The zero-order valence-electron chi connectivity index (χ0n) is 8.44. The minimum Gasteiger partial charge on any atom is -0.224 e. The number of aryl methyl sites for hydroxylation is 1. The summed E-state index contributed by atoms with van der Waals surface area (Å²) in [4.78, 5) is 6.40. The molecule has 0 unspecified atom stereocenters.